The molecule has 0 amide bonds. The number of nitrogens with one attached hydrogen (secondary N) is 2. The predicted octanol–water partition coefficient (Wildman–Crippen LogP) is 2.23. The van der Waals surface area contributed by atoms with E-state index in [9.17, 15) is 8.42 Å². The molecular weight excluding hydrogens is 320 g/mol. The average molecular weight is 339 g/mol. The molecule has 2 N–H and O–H groups in total. The Morgan fingerprint density at radius 2 is 2.00 bits per heavy atom. The molecule has 0 bridgehead atoms. The molecule has 0 aliphatic carbocycles. The molecule has 0 atom stereocenters. The van der Waals surface area contributed by atoms with Crippen molar-refractivity contribution in [2.24, 2.45) is 0 Å². The van der Waals surface area contributed by atoms with E-state index in [1.54, 1.807) is 7.05 Å². The molecule has 104 valence electrons. The maximum absolute atomic E-state index is 12.2. The van der Waals surface area contributed by atoms with Gasteiger partial charge in [0.15, 0.2) is 4.67 Å². The molecule has 5 nitrogen and oxygen atoms in total. The molecule has 0 spiro atoms. The minimum Gasteiger partial charge on any atom is -0.452 e. The third kappa shape index (κ3) is 3.81. The van der Waals surface area contributed by atoms with Crippen LogP contribution in [0, 0.1) is 0 Å². The first-order chi connectivity index (χ1) is 8.44. The van der Waals surface area contributed by atoms with Crippen LogP contribution in [-0.4, -0.2) is 21.5 Å². The van der Waals surface area contributed by atoms with Crippen molar-refractivity contribution in [3.63, 3.8) is 0 Å². The van der Waals surface area contributed by atoms with Gasteiger partial charge in [-0.3, -0.25) is 0 Å². The molecule has 18 heavy (non-hydrogen) atoms. The summed E-state index contributed by atoms with van der Waals surface area (Å²) in [5.41, 5.74) is 0. The number of rotatable bonds is 7. The molecule has 1 heterocycles. The van der Waals surface area contributed by atoms with E-state index < -0.39 is 10.0 Å². The van der Waals surface area contributed by atoms with Crippen molar-refractivity contribution >= 4 is 26.0 Å². The van der Waals surface area contributed by atoms with Crippen LogP contribution < -0.4 is 10.0 Å². The van der Waals surface area contributed by atoms with E-state index >= 15 is 0 Å². The Kier molecular flexibility index (Phi) is 5.84. The van der Waals surface area contributed by atoms with Crippen LogP contribution in [0.25, 0.3) is 0 Å². The molecule has 1 aromatic rings. The van der Waals surface area contributed by atoms with Gasteiger partial charge in [-0.1, -0.05) is 13.8 Å². The summed E-state index contributed by atoms with van der Waals surface area (Å²) >= 11 is 3.14. The smallest absolute Gasteiger partial charge is 0.245 e. The van der Waals surface area contributed by atoms with Crippen molar-refractivity contribution < 1.29 is 12.8 Å². The number of furan rings is 1. The Balaban J connectivity index is 2.97. The van der Waals surface area contributed by atoms with Gasteiger partial charge in [-0.15, -0.1) is 0 Å². The summed E-state index contributed by atoms with van der Waals surface area (Å²) in [6.07, 6.45) is 1.52. The second-order valence-electron chi connectivity index (χ2n) is 4.02. The quantitative estimate of drug-likeness (QED) is 0.799. The number of hydrogen-bond acceptors (Lipinski definition) is 4. The van der Waals surface area contributed by atoms with Gasteiger partial charge in [-0.2, -0.15) is 0 Å². The zero-order valence-corrected chi connectivity index (χ0v) is 13.2. The number of halogens is 1. The van der Waals surface area contributed by atoms with E-state index in [4.69, 9.17) is 4.42 Å². The molecule has 0 unspecified atom stereocenters. The lowest BCUT2D eigenvalue weighted by atomic mass is 10.2. The summed E-state index contributed by atoms with van der Waals surface area (Å²) < 4.78 is 32.6. The van der Waals surface area contributed by atoms with E-state index in [1.165, 1.54) is 6.07 Å². The Morgan fingerprint density at radius 1 is 1.39 bits per heavy atom. The van der Waals surface area contributed by atoms with Gasteiger partial charge in [0.25, 0.3) is 0 Å². The Bertz CT molecular complexity index is 480. The van der Waals surface area contributed by atoms with E-state index in [0.29, 0.717) is 12.3 Å². The van der Waals surface area contributed by atoms with Gasteiger partial charge in [-0.05, 0) is 35.8 Å². The highest BCUT2D eigenvalue weighted by molar-refractivity contribution is 9.10. The largest absolute Gasteiger partial charge is 0.452 e. The maximum Gasteiger partial charge on any atom is 0.245 e. The van der Waals surface area contributed by atoms with E-state index in [-0.39, 0.29) is 15.6 Å². The highest BCUT2D eigenvalue weighted by atomic mass is 79.9. The molecule has 0 fully saturated rings. The van der Waals surface area contributed by atoms with Gasteiger partial charge in [0.1, 0.15) is 10.7 Å². The van der Waals surface area contributed by atoms with Crippen LogP contribution in [-0.2, 0) is 16.6 Å². The fourth-order valence-corrected chi connectivity index (χ4v) is 3.98. The summed E-state index contributed by atoms with van der Waals surface area (Å²) in [6.45, 7) is 4.39. The summed E-state index contributed by atoms with van der Waals surface area (Å²) in [5, 5.41) is 2.91. The standard InChI is InChI=1S/C11H19BrN2O3S/c1-4-8(5-2)14-18(15,16)10-6-9(7-13-3)17-11(10)12/h6,8,13-14H,4-5,7H2,1-3H3. The monoisotopic (exact) mass is 338 g/mol. The van der Waals surface area contributed by atoms with Crippen LogP contribution in [0.5, 0.6) is 0 Å². The van der Waals surface area contributed by atoms with Crippen LogP contribution in [0.4, 0.5) is 0 Å². The molecule has 1 rings (SSSR count). The van der Waals surface area contributed by atoms with Crippen LogP contribution in [0.1, 0.15) is 32.4 Å². The minimum absolute atomic E-state index is 0.0513. The van der Waals surface area contributed by atoms with Gasteiger partial charge < -0.3 is 9.73 Å². The predicted molar refractivity (Wildman–Crippen MR) is 73.9 cm³/mol. The van der Waals surface area contributed by atoms with Crippen molar-refractivity contribution in [3.05, 3.63) is 16.5 Å². The summed E-state index contributed by atoms with van der Waals surface area (Å²) in [6, 6.07) is 1.48. The zero-order chi connectivity index (χ0) is 13.8. The normalized spacial score (nSPS) is 12.3. The molecule has 0 aromatic carbocycles. The lowest BCUT2D eigenvalue weighted by molar-refractivity contribution is 0.469. The van der Waals surface area contributed by atoms with Crippen molar-refractivity contribution in [2.75, 3.05) is 7.05 Å². The van der Waals surface area contributed by atoms with Crippen LogP contribution >= 0.6 is 15.9 Å². The SMILES string of the molecule is CCC(CC)NS(=O)(=O)c1cc(CNC)oc1Br. The zero-order valence-electron chi connectivity index (χ0n) is 10.8. The Hall–Kier alpha value is -0.370. The first-order valence-electron chi connectivity index (χ1n) is 5.89. The fourth-order valence-electron chi connectivity index (χ4n) is 1.58. The van der Waals surface area contributed by atoms with E-state index in [0.717, 1.165) is 12.8 Å². The van der Waals surface area contributed by atoms with Crippen molar-refractivity contribution in [3.8, 4) is 0 Å². The highest BCUT2D eigenvalue weighted by Gasteiger charge is 2.24. The number of sulfonamides is 1. The van der Waals surface area contributed by atoms with Crippen LogP contribution in [0.2, 0.25) is 0 Å². The molecule has 0 radical (unpaired) electrons. The fraction of sp³-hybridized carbons (Fsp3) is 0.636. The third-order valence-electron chi connectivity index (χ3n) is 2.65. The molecule has 0 aliphatic heterocycles. The van der Waals surface area contributed by atoms with Crippen LogP contribution in [0.3, 0.4) is 0 Å². The molecular formula is C11H19BrN2O3S. The highest BCUT2D eigenvalue weighted by Crippen LogP contribution is 2.26. The molecule has 0 saturated carbocycles. The average Bonchev–Trinajstić information content (AvgIpc) is 2.68. The Labute approximate surface area is 117 Å². The first-order valence-corrected chi connectivity index (χ1v) is 8.17. The Morgan fingerprint density at radius 3 is 2.50 bits per heavy atom. The molecule has 0 aliphatic rings. The summed E-state index contributed by atoms with van der Waals surface area (Å²) in [7, 11) is -1.76. The van der Waals surface area contributed by atoms with Gasteiger partial charge in [0.2, 0.25) is 10.0 Å². The summed E-state index contributed by atoms with van der Waals surface area (Å²) in [4.78, 5) is 0.152. The van der Waals surface area contributed by atoms with Crippen LogP contribution in [0.15, 0.2) is 20.0 Å². The van der Waals surface area contributed by atoms with Gasteiger partial charge in [0, 0.05) is 12.1 Å². The first kappa shape index (κ1) is 15.7. The van der Waals surface area contributed by atoms with Gasteiger partial charge in [0.05, 0.1) is 6.54 Å². The lowest BCUT2D eigenvalue weighted by Crippen LogP contribution is -2.33. The van der Waals surface area contributed by atoms with Crippen molar-refractivity contribution in [1.82, 2.24) is 10.0 Å². The van der Waals surface area contributed by atoms with Crippen molar-refractivity contribution in [2.45, 2.75) is 44.2 Å². The second kappa shape index (κ2) is 6.70. The topological polar surface area (TPSA) is 71.3 Å². The van der Waals surface area contributed by atoms with Gasteiger partial charge in [-0.25, -0.2) is 13.1 Å². The molecule has 1 aromatic heterocycles. The lowest BCUT2D eigenvalue weighted by Gasteiger charge is -2.13. The van der Waals surface area contributed by atoms with Gasteiger partial charge >= 0.3 is 0 Å². The van der Waals surface area contributed by atoms with E-state index in [1.807, 2.05) is 13.8 Å². The van der Waals surface area contributed by atoms with E-state index in [2.05, 4.69) is 26.0 Å². The second-order valence-corrected chi connectivity index (χ2v) is 6.42. The third-order valence-corrected chi connectivity index (χ3v) is 5.03. The minimum atomic E-state index is -3.53. The summed E-state index contributed by atoms with van der Waals surface area (Å²) in [5.74, 6) is 0.578. The molecule has 7 heteroatoms. The number of hydrogen-bond donors (Lipinski definition) is 2. The molecule has 0 saturated heterocycles. The van der Waals surface area contributed by atoms with Crippen molar-refractivity contribution in [1.29, 1.82) is 0 Å². The maximum atomic E-state index is 12.2.